The van der Waals surface area contributed by atoms with Gasteiger partial charge >= 0.3 is 0 Å². The molecule has 0 aromatic carbocycles. The Balaban J connectivity index is 1.60. The second-order valence-corrected chi connectivity index (χ2v) is 6.44. The van der Waals surface area contributed by atoms with Gasteiger partial charge in [-0.25, -0.2) is 0 Å². The van der Waals surface area contributed by atoms with Crippen molar-refractivity contribution in [1.29, 1.82) is 0 Å². The SMILES string of the molecule is CC[C@H](N)c1ccc(N2CCC(N3CCCCC3)C2)cn1. The van der Waals surface area contributed by atoms with Gasteiger partial charge in [0.05, 0.1) is 17.6 Å². The zero-order valence-electron chi connectivity index (χ0n) is 13.2. The van der Waals surface area contributed by atoms with E-state index < -0.39 is 0 Å². The van der Waals surface area contributed by atoms with Crippen molar-refractivity contribution in [2.24, 2.45) is 5.73 Å². The fourth-order valence-electron chi connectivity index (χ4n) is 3.57. The third kappa shape index (κ3) is 3.38. The van der Waals surface area contributed by atoms with Crippen LogP contribution in [0.3, 0.4) is 0 Å². The molecule has 0 spiro atoms. The maximum atomic E-state index is 6.03. The molecule has 0 amide bonds. The average Bonchev–Trinajstić information content (AvgIpc) is 3.05. The van der Waals surface area contributed by atoms with Gasteiger partial charge in [-0.3, -0.25) is 9.88 Å². The summed E-state index contributed by atoms with van der Waals surface area (Å²) in [6.07, 6.45) is 8.39. The Hall–Kier alpha value is -1.13. The minimum Gasteiger partial charge on any atom is -0.369 e. The van der Waals surface area contributed by atoms with Crippen LogP contribution in [0.15, 0.2) is 18.3 Å². The van der Waals surface area contributed by atoms with Gasteiger partial charge in [-0.1, -0.05) is 13.3 Å². The summed E-state index contributed by atoms with van der Waals surface area (Å²) >= 11 is 0. The Labute approximate surface area is 128 Å². The van der Waals surface area contributed by atoms with Gasteiger partial charge in [0.25, 0.3) is 0 Å². The molecule has 2 atom stereocenters. The number of anilines is 1. The highest BCUT2D eigenvalue weighted by atomic mass is 15.3. The van der Waals surface area contributed by atoms with Gasteiger partial charge in [0.2, 0.25) is 0 Å². The van der Waals surface area contributed by atoms with Gasteiger partial charge in [-0.2, -0.15) is 0 Å². The summed E-state index contributed by atoms with van der Waals surface area (Å²) in [5, 5.41) is 0. The molecule has 2 saturated heterocycles. The summed E-state index contributed by atoms with van der Waals surface area (Å²) in [7, 11) is 0. The molecule has 0 bridgehead atoms. The summed E-state index contributed by atoms with van der Waals surface area (Å²) in [6, 6.07) is 5.09. The van der Waals surface area contributed by atoms with E-state index in [0.717, 1.165) is 31.2 Å². The Morgan fingerprint density at radius 2 is 2.05 bits per heavy atom. The average molecular weight is 288 g/mol. The Morgan fingerprint density at radius 3 is 2.71 bits per heavy atom. The van der Waals surface area contributed by atoms with Crippen molar-refractivity contribution in [3.8, 4) is 0 Å². The number of hydrogen-bond acceptors (Lipinski definition) is 4. The van der Waals surface area contributed by atoms with Crippen molar-refractivity contribution in [2.45, 2.75) is 51.1 Å². The van der Waals surface area contributed by atoms with Crippen molar-refractivity contribution in [3.63, 3.8) is 0 Å². The van der Waals surface area contributed by atoms with Crippen LogP contribution in [-0.4, -0.2) is 42.1 Å². The molecule has 2 N–H and O–H groups in total. The lowest BCUT2D eigenvalue weighted by Crippen LogP contribution is -2.40. The van der Waals surface area contributed by atoms with Crippen LogP contribution in [-0.2, 0) is 0 Å². The highest BCUT2D eigenvalue weighted by Crippen LogP contribution is 2.25. The second-order valence-electron chi connectivity index (χ2n) is 6.44. The lowest BCUT2D eigenvalue weighted by molar-refractivity contribution is 0.175. The van der Waals surface area contributed by atoms with Crippen LogP contribution in [0.5, 0.6) is 0 Å². The monoisotopic (exact) mass is 288 g/mol. The highest BCUT2D eigenvalue weighted by molar-refractivity contribution is 5.46. The summed E-state index contributed by atoms with van der Waals surface area (Å²) in [6.45, 7) is 6.99. The van der Waals surface area contributed by atoms with Crippen LogP contribution in [0.1, 0.15) is 50.8 Å². The van der Waals surface area contributed by atoms with E-state index in [1.165, 1.54) is 44.5 Å². The molecule has 2 aliphatic heterocycles. The van der Waals surface area contributed by atoms with E-state index in [1.54, 1.807) is 0 Å². The van der Waals surface area contributed by atoms with Gasteiger partial charge in [0, 0.05) is 25.2 Å². The Bertz CT molecular complexity index is 439. The maximum Gasteiger partial charge on any atom is 0.0572 e. The molecule has 0 radical (unpaired) electrons. The van der Waals surface area contributed by atoms with E-state index in [9.17, 15) is 0 Å². The maximum absolute atomic E-state index is 6.03. The van der Waals surface area contributed by atoms with E-state index in [4.69, 9.17) is 5.73 Å². The standard InChI is InChI=1S/C17H28N4/c1-2-16(18)17-7-6-14(12-19-17)21-11-8-15(13-21)20-9-4-3-5-10-20/h6-7,12,15-16H,2-5,8-11,13,18H2,1H3/t15?,16-/m0/s1. The van der Waals surface area contributed by atoms with Crippen LogP contribution in [0.2, 0.25) is 0 Å². The van der Waals surface area contributed by atoms with E-state index in [-0.39, 0.29) is 6.04 Å². The first-order valence-corrected chi connectivity index (χ1v) is 8.48. The number of rotatable bonds is 4. The predicted molar refractivity (Wildman–Crippen MR) is 87.5 cm³/mol. The van der Waals surface area contributed by atoms with E-state index >= 15 is 0 Å². The highest BCUT2D eigenvalue weighted by Gasteiger charge is 2.28. The minimum atomic E-state index is 0.0683. The second kappa shape index (κ2) is 6.75. The van der Waals surface area contributed by atoms with E-state index in [1.807, 2.05) is 6.20 Å². The largest absolute Gasteiger partial charge is 0.369 e. The molecular formula is C17H28N4. The molecule has 3 heterocycles. The first kappa shape index (κ1) is 14.8. The van der Waals surface area contributed by atoms with Crippen molar-refractivity contribution >= 4 is 5.69 Å². The van der Waals surface area contributed by atoms with Crippen molar-refractivity contribution in [3.05, 3.63) is 24.0 Å². The summed E-state index contributed by atoms with van der Waals surface area (Å²) in [4.78, 5) is 9.72. The van der Waals surface area contributed by atoms with Crippen LogP contribution in [0.25, 0.3) is 0 Å². The molecule has 1 unspecified atom stereocenters. The summed E-state index contributed by atoms with van der Waals surface area (Å²) in [5.41, 5.74) is 8.29. The first-order valence-electron chi connectivity index (χ1n) is 8.48. The van der Waals surface area contributed by atoms with Crippen LogP contribution < -0.4 is 10.6 Å². The molecule has 4 nitrogen and oxygen atoms in total. The number of likely N-dealkylation sites (tertiary alicyclic amines) is 1. The number of aromatic nitrogens is 1. The lowest BCUT2D eigenvalue weighted by Gasteiger charge is -2.32. The van der Waals surface area contributed by atoms with Crippen molar-refractivity contribution in [2.75, 3.05) is 31.1 Å². The quantitative estimate of drug-likeness (QED) is 0.925. The normalized spacial score (nSPS) is 25.2. The predicted octanol–water partition coefficient (Wildman–Crippen LogP) is 2.56. The van der Waals surface area contributed by atoms with Crippen molar-refractivity contribution in [1.82, 2.24) is 9.88 Å². The van der Waals surface area contributed by atoms with Crippen LogP contribution in [0, 0.1) is 0 Å². The molecule has 1 aromatic rings. The smallest absolute Gasteiger partial charge is 0.0572 e. The molecule has 1 aromatic heterocycles. The molecular weight excluding hydrogens is 260 g/mol. The Kier molecular flexibility index (Phi) is 4.76. The van der Waals surface area contributed by atoms with E-state index in [2.05, 4.69) is 33.8 Å². The van der Waals surface area contributed by atoms with E-state index in [0.29, 0.717) is 0 Å². The fourth-order valence-corrected chi connectivity index (χ4v) is 3.57. The lowest BCUT2D eigenvalue weighted by atomic mass is 10.1. The zero-order chi connectivity index (χ0) is 14.7. The molecule has 2 fully saturated rings. The van der Waals surface area contributed by atoms with Crippen LogP contribution >= 0.6 is 0 Å². The van der Waals surface area contributed by atoms with Crippen LogP contribution in [0.4, 0.5) is 5.69 Å². The summed E-state index contributed by atoms with van der Waals surface area (Å²) in [5.74, 6) is 0. The molecule has 3 rings (SSSR count). The number of nitrogens with zero attached hydrogens (tertiary/aromatic N) is 3. The van der Waals surface area contributed by atoms with Crippen molar-refractivity contribution < 1.29 is 0 Å². The molecule has 2 aliphatic rings. The van der Waals surface area contributed by atoms with Gasteiger partial charge in [0.1, 0.15) is 0 Å². The number of hydrogen-bond donors (Lipinski definition) is 1. The molecule has 21 heavy (non-hydrogen) atoms. The molecule has 0 aliphatic carbocycles. The topological polar surface area (TPSA) is 45.4 Å². The van der Waals surface area contributed by atoms with Gasteiger partial charge in [0.15, 0.2) is 0 Å². The minimum absolute atomic E-state index is 0.0683. The number of nitrogens with two attached hydrogens (primary N) is 1. The molecule has 4 heteroatoms. The number of piperidine rings is 1. The van der Waals surface area contributed by atoms with Gasteiger partial charge in [-0.05, 0) is 50.9 Å². The summed E-state index contributed by atoms with van der Waals surface area (Å²) < 4.78 is 0. The zero-order valence-corrected chi connectivity index (χ0v) is 13.2. The Morgan fingerprint density at radius 1 is 1.24 bits per heavy atom. The molecule has 116 valence electrons. The first-order chi connectivity index (χ1) is 10.3. The molecule has 0 saturated carbocycles. The van der Waals surface area contributed by atoms with Gasteiger partial charge < -0.3 is 10.6 Å². The van der Waals surface area contributed by atoms with Gasteiger partial charge in [-0.15, -0.1) is 0 Å². The fraction of sp³-hybridized carbons (Fsp3) is 0.706. The third-order valence-corrected chi connectivity index (χ3v) is 5.03. The number of pyridine rings is 1. The third-order valence-electron chi connectivity index (χ3n) is 5.03.